The van der Waals surface area contributed by atoms with Crippen LogP contribution in [0.3, 0.4) is 0 Å². The predicted molar refractivity (Wildman–Crippen MR) is 83.7 cm³/mol. The minimum atomic E-state index is 0.555. The lowest BCUT2D eigenvalue weighted by molar-refractivity contribution is 0.247. The van der Waals surface area contributed by atoms with E-state index in [2.05, 4.69) is 48.3 Å². The van der Waals surface area contributed by atoms with Crippen molar-refractivity contribution >= 4 is 5.96 Å². The summed E-state index contributed by atoms with van der Waals surface area (Å²) in [4.78, 5) is 6.77. The van der Waals surface area contributed by atoms with Gasteiger partial charge in [0.1, 0.15) is 0 Å². The fourth-order valence-corrected chi connectivity index (χ4v) is 2.27. The van der Waals surface area contributed by atoms with Crippen LogP contribution in [0.15, 0.2) is 4.99 Å². The van der Waals surface area contributed by atoms with E-state index in [9.17, 15) is 0 Å². The average Bonchev–Trinajstić information content (AvgIpc) is 3.26. The SMILES string of the molecule is CCC(CC)CNC(=NC)NCC(C)N(C)C1CC1. The zero-order chi connectivity index (χ0) is 14.3. The highest BCUT2D eigenvalue weighted by Crippen LogP contribution is 2.26. The number of likely N-dealkylation sites (N-methyl/N-ethyl adjacent to an activating group) is 1. The average molecular weight is 268 g/mol. The number of aliphatic imine (C=N–C) groups is 1. The van der Waals surface area contributed by atoms with E-state index in [4.69, 9.17) is 0 Å². The van der Waals surface area contributed by atoms with E-state index < -0.39 is 0 Å². The zero-order valence-electron chi connectivity index (χ0n) is 13.4. The Kier molecular flexibility index (Phi) is 7.21. The molecule has 1 unspecified atom stereocenters. The monoisotopic (exact) mass is 268 g/mol. The molecule has 0 aromatic rings. The number of hydrogen-bond acceptors (Lipinski definition) is 2. The topological polar surface area (TPSA) is 39.7 Å². The third-order valence-electron chi connectivity index (χ3n) is 4.32. The van der Waals surface area contributed by atoms with E-state index in [1.54, 1.807) is 0 Å². The highest BCUT2D eigenvalue weighted by atomic mass is 15.2. The Morgan fingerprint density at radius 3 is 2.26 bits per heavy atom. The highest BCUT2D eigenvalue weighted by molar-refractivity contribution is 5.79. The third kappa shape index (κ3) is 5.81. The number of hydrogen-bond donors (Lipinski definition) is 2. The van der Waals surface area contributed by atoms with Crippen LogP contribution in [0.1, 0.15) is 46.5 Å². The van der Waals surface area contributed by atoms with Crippen LogP contribution >= 0.6 is 0 Å². The Hall–Kier alpha value is -0.770. The minimum Gasteiger partial charge on any atom is -0.356 e. The summed E-state index contributed by atoms with van der Waals surface area (Å²) in [6.45, 7) is 8.74. The summed E-state index contributed by atoms with van der Waals surface area (Å²) in [6.07, 6.45) is 5.17. The number of nitrogens with one attached hydrogen (secondary N) is 2. The van der Waals surface area contributed by atoms with Crippen LogP contribution in [0, 0.1) is 5.92 Å². The fraction of sp³-hybridized carbons (Fsp3) is 0.933. The molecule has 0 amide bonds. The van der Waals surface area contributed by atoms with Crippen LogP contribution in [-0.4, -0.2) is 50.1 Å². The molecular weight excluding hydrogens is 236 g/mol. The van der Waals surface area contributed by atoms with Gasteiger partial charge in [-0.1, -0.05) is 26.7 Å². The van der Waals surface area contributed by atoms with Crippen molar-refractivity contribution in [2.24, 2.45) is 10.9 Å². The van der Waals surface area contributed by atoms with Crippen LogP contribution < -0.4 is 10.6 Å². The predicted octanol–water partition coefficient (Wildman–Crippen LogP) is 2.07. The van der Waals surface area contributed by atoms with Gasteiger partial charge in [-0.05, 0) is 32.7 Å². The van der Waals surface area contributed by atoms with Crippen LogP contribution in [0.2, 0.25) is 0 Å². The van der Waals surface area contributed by atoms with Crippen molar-refractivity contribution in [2.75, 3.05) is 27.2 Å². The van der Waals surface area contributed by atoms with Crippen LogP contribution in [0.4, 0.5) is 0 Å². The molecule has 4 heteroatoms. The maximum atomic E-state index is 4.30. The van der Waals surface area contributed by atoms with E-state index in [0.717, 1.165) is 31.0 Å². The first-order valence-corrected chi connectivity index (χ1v) is 7.78. The Morgan fingerprint density at radius 2 is 1.79 bits per heavy atom. The first-order chi connectivity index (χ1) is 9.12. The zero-order valence-corrected chi connectivity index (χ0v) is 13.4. The van der Waals surface area contributed by atoms with Crippen molar-refractivity contribution in [1.29, 1.82) is 0 Å². The smallest absolute Gasteiger partial charge is 0.191 e. The quantitative estimate of drug-likeness (QED) is 0.523. The minimum absolute atomic E-state index is 0.555. The first kappa shape index (κ1) is 16.3. The van der Waals surface area contributed by atoms with Crippen LogP contribution in [0.5, 0.6) is 0 Å². The van der Waals surface area contributed by atoms with E-state index in [1.165, 1.54) is 25.7 Å². The molecule has 4 nitrogen and oxygen atoms in total. The number of rotatable bonds is 8. The highest BCUT2D eigenvalue weighted by Gasteiger charge is 2.28. The second-order valence-electron chi connectivity index (χ2n) is 5.76. The third-order valence-corrected chi connectivity index (χ3v) is 4.32. The van der Waals surface area contributed by atoms with Gasteiger partial charge >= 0.3 is 0 Å². The van der Waals surface area contributed by atoms with Crippen molar-refractivity contribution in [1.82, 2.24) is 15.5 Å². The van der Waals surface area contributed by atoms with Gasteiger partial charge in [0.15, 0.2) is 5.96 Å². The van der Waals surface area contributed by atoms with Gasteiger partial charge in [-0.3, -0.25) is 9.89 Å². The van der Waals surface area contributed by atoms with Crippen molar-refractivity contribution in [3.05, 3.63) is 0 Å². The van der Waals surface area contributed by atoms with E-state index in [-0.39, 0.29) is 0 Å². The molecule has 112 valence electrons. The molecule has 0 spiro atoms. The Morgan fingerprint density at radius 1 is 1.21 bits per heavy atom. The van der Waals surface area contributed by atoms with Gasteiger partial charge in [0.25, 0.3) is 0 Å². The molecule has 1 rings (SSSR count). The van der Waals surface area contributed by atoms with Gasteiger partial charge in [-0.15, -0.1) is 0 Å². The molecule has 1 atom stereocenters. The van der Waals surface area contributed by atoms with Gasteiger partial charge in [-0.2, -0.15) is 0 Å². The number of nitrogens with zero attached hydrogens (tertiary/aromatic N) is 2. The molecule has 0 aliphatic heterocycles. The maximum Gasteiger partial charge on any atom is 0.191 e. The van der Waals surface area contributed by atoms with E-state index >= 15 is 0 Å². The maximum absolute atomic E-state index is 4.30. The summed E-state index contributed by atoms with van der Waals surface area (Å²) in [6, 6.07) is 1.37. The Labute approximate surface area is 119 Å². The summed E-state index contributed by atoms with van der Waals surface area (Å²) in [7, 11) is 4.07. The molecule has 0 saturated heterocycles. The molecule has 0 aromatic heterocycles. The molecule has 1 saturated carbocycles. The van der Waals surface area contributed by atoms with Crippen molar-refractivity contribution in [3.8, 4) is 0 Å². The molecule has 1 fully saturated rings. The van der Waals surface area contributed by atoms with Gasteiger partial charge in [0.05, 0.1) is 0 Å². The normalized spacial score (nSPS) is 17.9. The number of guanidine groups is 1. The lowest BCUT2D eigenvalue weighted by atomic mass is 10.0. The van der Waals surface area contributed by atoms with Crippen molar-refractivity contribution in [2.45, 2.75) is 58.5 Å². The summed E-state index contributed by atoms with van der Waals surface area (Å²) >= 11 is 0. The Balaban J connectivity index is 2.24. The molecule has 19 heavy (non-hydrogen) atoms. The second kappa shape index (κ2) is 8.41. The largest absolute Gasteiger partial charge is 0.356 e. The second-order valence-corrected chi connectivity index (χ2v) is 5.76. The molecule has 0 aromatic carbocycles. The van der Waals surface area contributed by atoms with Gasteiger partial charge in [-0.25, -0.2) is 0 Å². The fourth-order valence-electron chi connectivity index (χ4n) is 2.27. The lowest BCUT2D eigenvalue weighted by Crippen LogP contribution is -2.46. The first-order valence-electron chi connectivity index (χ1n) is 7.78. The molecule has 0 heterocycles. The van der Waals surface area contributed by atoms with E-state index in [0.29, 0.717) is 6.04 Å². The van der Waals surface area contributed by atoms with Gasteiger partial charge in [0, 0.05) is 32.2 Å². The van der Waals surface area contributed by atoms with E-state index in [1.807, 2.05) is 7.05 Å². The summed E-state index contributed by atoms with van der Waals surface area (Å²) in [5.41, 5.74) is 0. The summed E-state index contributed by atoms with van der Waals surface area (Å²) in [5, 5.41) is 6.86. The molecule has 1 aliphatic rings. The van der Waals surface area contributed by atoms with Crippen LogP contribution in [-0.2, 0) is 0 Å². The van der Waals surface area contributed by atoms with Crippen LogP contribution in [0.25, 0.3) is 0 Å². The molecule has 1 aliphatic carbocycles. The Bertz CT molecular complexity index is 269. The molecule has 0 bridgehead atoms. The molecular formula is C15H32N4. The molecule has 2 N–H and O–H groups in total. The molecule has 0 radical (unpaired) electrons. The van der Waals surface area contributed by atoms with Gasteiger partial charge < -0.3 is 10.6 Å². The lowest BCUT2D eigenvalue weighted by Gasteiger charge is -2.25. The standard InChI is InChI=1S/C15H32N4/c1-6-13(7-2)11-18-15(16-4)17-10-12(3)19(5)14-8-9-14/h12-14H,6-11H2,1-5H3,(H2,16,17,18). The van der Waals surface area contributed by atoms with Gasteiger partial charge in [0.2, 0.25) is 0 Å². The summed E-state index contributed by atoms with van der Waals surface area (Å²) in [5.74, 6) is 1.67. The van der Waals surface area contributed by atoms with Crippen molar-refractivity contribution < 1.29 is 0 Å². The summed E-state index contributed by atoms with van der Waals surface area (Å²) < 4.78 is 0. The van der Waals surface area contributed by atoms with Crippen molar-refractivity contribution in [3.63, 3.8) is 0 Å².